The zero-order chi connectivity index (χ0) is 13.1. The molecule has 1 aliphatic carbocycles. The van der Waals surface area contributed by atoms with E-state index in [1.807, 2.05) is 0 Å². The highest BCUT2D eigenvalue weighted by molar-refractivity contribution is 5.31. The molecule has 0 spiro atoms. The number of ether oxygens (including phenoxy) is 1. The summed E-state index contributed by atoms with van der Waals surface area (Å²) in [5, 5.41) is 0. The van der Waals surface area contributed by atoms with Gasteiger partial charge in [0.25, 0.3) is 0 Å². The molecule has 0 aromatic heterocycles. The van der Waals surface area contributed by atoms with Crippen LogP contribution in [0.15, 0.2) is 24.3 Å². The Morgan fingerprint density at radius 1 is 1.16 bits per heavy atom. The molecule has 1 aromatic carbocycles. The van der Waals surface area contributed by atoms with E-state index in [1.165, 1.54) is 43.2 Å². The summed E-state index contributed by atoms with van der Waals surface area (Å²) in [4.78, 5) is 0. The smallest absolute Gasteiger partial charge is 0.0978 e. The molecule has 0 amide bonds. The van der Waals surface area contributed by atoms with Crippen LogP contribution in [0.5, 0.6) is 0 Å². The van der Waals surface area contributed by atoms with Gasteiger partial charge in [-0.05, 0) is 29.9 Å². The normalized spacial score (nSPS) is 25.8. The molecule has 1 fully saturated rings. The Labute approximate surface area is 116 Å². The lowest BCUT2D eigenvalue weighted by Crippen LogP contribution is -2.35. The Morgan fingerprint density at radius 2 is 1.95 bits per heavy atom. The minimum absolute atomic E-state index is 0.117. The third-order valence-corrected chi connectivity index (χ3v) is 4.75. The van der Waals surface area contributed by atoms with Crippen molar-refractivity contribution in [2.45, 2.75) is 57.1 Å². The summed E-state index contributed by atoms with van der Waals surface area (Å²) in [6.45, 7) is 0.819. The van der Waals surface area contributed by atoms with E-state index < -0.39 is 0 Å². The molecule has 0 saturated heterocycles. The highest BCUT2D eigenvalue weighted by atomic mass is 16.5. The lowest BCUT2D eigenvalue weighted by atomic mass is 9.82. The third kappa shape index (κ3) is 3.01. The molecular formula is C17H25NO. The van der Waals surface area contributed by atoms with Crippen LogP contribution in [0.1, 0.15) is 55.8 Å². The van der Waals surface area contributed by atoms with E-state index >= 15 is 0 Å². The van der Waals surface area contributed by atoms with Gasteiger partial charge in [-0.15, -0.1) is 0 Å². The van der Waals surface area contributed by atoms with Crippen LogP contribution in [0.4, 0.5) is 0 Å². The van der Waals surface area contributed by atoms with E-state index in [1.54, 1.807) is 0 Å². The molecule has 2 N–H and O–H groups in total. The summed E-state index contributed by atoms with van der Waals surface area (Å²) >= 11 is 0. The molecule has 2 aliphatic rings. The van der Waals surface area contributed by atoms with E-state index in [-0.39, 0.29) is 12.1 Å². The first-order chi connectivity index (χ1) is 9.34. The highest BCUT2D eigenvalue weighted by Gasteiger charge is 2.28. The molecule has 0 radical (unpaired) electrons. The van der Waals surface area contributed by atoms with Crippen LogP contribution in [0, 0.1) is 5.92 Å². The van der Waals surface area contributed by atoms with Crippen LogP contribution in [-0.2, 0) is 11.2 Å². The maximum Gasteiger partial charge on any atom is 0.0978 e. The van der Waals surface area contributed by atoms with Crippen LogP contribution in [0.3, 0.4) is 0 Å². The van der Waals surface area contributed by atoms with Gasteiger partial charge in [-0.2, -0.15) is 0 Å². The third-order valence-electron chi connectivity index (χ3n) is 4.75. The first-order valence-electron chi connectivity index (χ1n) is 7.79. The van der Waals surface area contributed by atoms with Crippen LogP contribution >= 0.6 is 0 Å². The van der Waals surface area contributed by atoms with Crippen LogP contribution in [-0.4, -0.2) is 12.6 Å². The van der Waals surface area contributed by atoms with Gasteiger partial charge in [0.15, 0.2) is 0 Å². The molecule has 19 heavy (non-hydrogen) atoms. The van der Waals surface area contributed by atoms with Crippen LogP contribution < -0.4 is 5.73 Å². The average Bonchev–Trinajstić information content (AvgIpc) is 2.47. The second-order valence-electron chi connectivity index (χ2n) is 6.14. The van der Waals surface area contributed by atoms with Gasteiger partial charge < -0.3 is 10.5 Å². The SMILES string of the molecule is NC(CC1CCCCC1)C1OCCc2ccccc21. The first-order valence-corrected chi connectivity index (χ1v) is 7.79. The van der Waals surface area contributed by atoms with E-state index in [0.29, 0.717) is 0 Å². The monoisotopic (exact) mass is 259 g/mol. The number of hydrogen-bond acceptors (Lipinski definition) is 2. The van der Waals surface area contributed by atoms with Gasteiger partial charge in [-0.25, -0.2) is 0 Å². The fraction of sp³-hybridized carbons (Fsp3) is 0.647. The van der Waals surface area contributed by atoms with Gasteiger partial charge in [0.2, 0.25) is 0 Å². The molecule has 2 atom stereocenters. The van der Waals surface area contributed by atoms with Gasteiger partial charge in [0.1, 0.15) is 0 Å². The van der Waals surface area contributed by atoms with Crippen molar-refractivity contribution in [3.05, 3.63) is 35.4 Å². The minimum Gasteiger partial charge on any atom is -0.372 e. The van der Waals surface area contributed by atoms with Crippen molar-refractivity contribution in [2.24, 2.45) is 11.7 Å². The number of nitrogens with two attached hydrogens (primary N) is 1. The largest absolute Gasteiger partial charge is 0.372 e. The molecular weight excluding hydrogens is 234 g/mol. The fourth-order valence-corrected chi connectivity index (χ4v) is 3.71. The van der Waals surface area contributed by atoms with Crippen LogP contribution in [0.25, 0.3) is 0 Å². The summed E-state index contributed by atoms with van der Waals surface area (Å²) in [7, 11) is 0. The molecule has 1 aliphatic heterocycles. The molecule has 2 unspecified atom stereocenters. The van der Waals surface area contributed by atoms with Gasteiger partial charge in [0.05, 0.1) is 12.7 Å². The Hall–Kier alpha value is -0.860. The van der Waals surface area contributed by atoms with Crippen molar-refractivity contribution < 1.29 is 4.74 Å². The maximum absolute atomic E-state index is 6.47. The Morgan fingerprint density at radius 3 is 2.79 bits per heavy atom. The van der Waals surface area contributed by atoms with Crippen molar-refractivity contribution in [3.63, 3.8) is 0 Å². The predicted octanol–water partition coefficient (Wildman–Crippen LogP) is 3.60. The highest BCUT2D eigenvalue weighted by Crippen LogP contribution is 2.34. The van der Waals surface area contributed by atoms with Crippen molar-refractivity contribution in [2.75, 3.05) is 6.61 Å². The molecule has 104 valence electrons. The number of hydrogen-bond donors (Lipinski definition) is 1. The minimum atomic E-state index is 0.117. The number of benzene rings is 1. The number of rotatable bonds is 3. The zero-order valence-electron chi connectivity index (χ0n) is 11.7. The quantitative estimate of drug-likeness (QED) is 0.900. The summed E-state index contributed by atoms with van der Waals surface area (Å²) < 4.78 is 5.98. The number of fused-ring (bicyclic) bond motifs is 1. The maximum atomic E-state index is 6.47. The van der Waals surface area contributed by atoms with E-state index in [2.05, 4.69) is 24.3 Å². The standard InChI is InChI=1S/C17H25NO/c18-16(12-13-6-2-1-3-7-13)17-15-9-5-4-8-14(15)10-11-19-17/h4-5,8-9,13,16-17H,1-3,6-7,10-12,18H2. The fourth-order valence-electron chi connectivity index (χ4n) is 3.71. The van der Waals surface area contributed by atoms with E-state index in [0.717, 1.165) is 25.4 Å². The summed E-state index contributed by atoms with van der Waals surface area (Å²) in [6, 6.07) is 8.80. The molecule has 1 aromatic rings. The van der Waals surface area contributed by atoms with Gasteiger partial charge in [0, 0.05) is 6.04 Å². The average molecular weight is 259 g/mol. The summed E-state index contributed by atoms with van der Waals surface area (Å²) in [5.74, 6) is 0.821. The molecule has 1 heterocycles. The first kappa shape index (κ1) is 13.1. The summed E-state index contributed by atoms with van der Waals surface area (Å²) in [6.07, 6.45) is 9.19. The molecule has 3 rings (SSSR count). The van der Waals surface area contributed by atoms with Crippen molar-refractivity contribution in [1.29, 1.82) is 0 Å². The molecule has 2 heteroatoms. The molecule has 1 saturated carbocycles. The van der Waals surface area contributed by atoms with Crippen molar-refractivity contribution in [3.8, 4) is 0 Å². The Bertz CT molecular complexity index is 411. The summed E-state index contributed by atoms with van der Waals surface area (Å²) in [5.41, 5.74) is 9.23. The second-order valence-corrected chi connectivity index (χ2v) is 6.14. The zero-order valence-corrected chi connectivity index (χ0v) is 11.7. The topological polar surface area (TPSA) is 35.2 Å². The molecule has 2 nitrogen and oxygen atoms in total. The Kier molecular flexibility index (Phi) is 4.19. The second kappa shape index (κ2) is 6.06. The van der Waals surface area contributed by atoms with Crippen molar-refractivity contribution in [1.82, 2.24) is 0 Å². The van der Waals surface area contributed by atoms with E-state index in [9.17, 15) is 0 Å². The predicted molar refractivity (Wildman–Crippen MR) is 78.0 cm³/mol. The van der Waals surface area contributed by atoms with Crippen LogP contribution in [0.2, 0.25) is 0 Å². The van der Waals surface area contributed by atoms with E-state index in [4.69, 9.17) is 10.5 Å². The van der Waals surface area contributed by atoms with Gasteiger partial charge in [-0.1, -0.05) is 56.4 Å². The lowest BCUT2D eigenvalue weighted by Gasteiger charge is -2.33. The molecule has 0 bridgehead atoms. The Balaban J connectivity index is 1.68. The lowest BCUT2D eigenvalue weighted by molar-refractivity contribution is 0.0177. The van der Waals surface area contributed by atoms with Crippen molar-refractivity contribution >= 4 is 0 Å². The van der Waals surface area contributed by atoms with Gasteiger partial charge >= 0.3 is 0 Å². The van der Waals surface area contributed by atoms with Gasteiger partial charge in [-0.3, -0.25) is 0 Å².